The van der Waals surface area contributed by atoms with Crippen molar-refractivity contribution in [3.63, 3.8) is 0 Å². The maximum atomic E-state index is 4.96. The maximum absolute atomic E-state index is 4.96. The lowest BCUT2D eigenvalue weighted by molar-refractivity contribution is 0.302. The van der Waals surface area contributed by atoms with Gasteiger partial charge in [-0.2, -0.15) is 11.3 Å². The first-order valence-corrected chi connectivity index (χ1v) is 9.80. The molecule has 3 nitrogen and oxygen atoms in total. The van der Waals surface area contributed by atoms with Crippen LogP contribution in [0.3, 0.4) is 0 Å². The van der Waals surface area contributed by atoms with Crippen LogP contribution in [0.25, 0.3) is 16.9 Å². The van der Waals surface area contributed by atoms with Crippen LogP contribution in [-0.4, -0.2) is 14.9 Å². The van der Waals surface area contributed by atoms with Crippen molar-refractivity contribution in [2.75, 3.05) is 5.32 Å². The molecule has 3 aromatic rings. The number of halogens is 1. The number of hydrogen-bond acceptors (Lipinski definition) is 3. The van der Waals surface area contributed by atoms with E-state index in [0.717, 1.165) is 23.6 Å². The highest BCUT2D eigenvalue weighted by Crippen LogP contribution is 2.36. The van der Waals surface area contributed by atoms with Gasteiger partial charge < -0.3 is 5.32 Å². The van der Waals surface area contributed by atoms with Crippen LogP contribution in [0.2, 0.25) is 0 Å². The fraction of sp³-hybridized carbons (Fsp3) is 0.476. The molecular weight excluding hydrogens is 362 g/mol. The van der Waals surface area contributed by atoms with Crippen molar-refractivity contribution in [1.29, 1.82) is 0 Å². The number of pyridine rings is 1. The monoisotopic (exact) mass is 391 g/mol. The van der Waals surface area contributed by atoms with Crippen molar-refractivity contribution in [1.82, 2.24) is 9.38 Å². The Morgan fingerprint density at radius 2 is 1.81 bits per heavy atom. The molecule has 0 bridgehead atoms. The molecule has 0 amide bonds. The van der Waals surface area contributed by atoms with Gasteiger partial charge in [-0.1, -0.05) is 20.8 Å². The zero-order valence-electron chi connectivity index (χ0n) is 16.8. The molecule has 3 heterocycles. The van der Waals surface area contributed by atoms with Crippen LogP contribution in [0.4, 0.5) is 5.82 Å². The van der Waals surface area contributed by atoms with Gasteiger partial charge in [-0.15, -0.1) is 12.4 Å². The number of fused-ring (bicyclic) bond motifs is 1. The Kier molecular flexibility index (Phi) is 5.79. The highest BCUT2D eigenvalue weighted by Gasteiger charge is 2.28. The summed E-state index contributed by atoms with van der Waals surface area (Å²) in [7, 11) is 0. The summed E-state index contributed by atoms with van der Waals surface area (Å²) < 4.78 is 2.25. The van der Waals surface area contributed by atoms with E-state index in [9.17, 15) is 0 Å². The summed E-state index contributed by atoms with van der Waals surface area (Å²) in [6.45, 7) is 15.7. The Morgan fingerprint density at radius 1 is 1.12 bits per heavy atom. The summed E-state index contributed by atoms with van der Waals surface area (Å²) >= 11 is 1.71. The third-order valence-electron chi connectivity index (χ3n) is 4.27. The molecule has 1 N–H and O–H groups in total. The molecule has 0 atom stereocenters. The van der Waals surface area contributed by atoms with E-state index in [2.05, 4.69) is 87.1 Å². The summed E-state index contributed by atoms with van der Waals surface area (Å²) in [5.74, 6) is 1.10. The summed E-state index contributed by atoms with van der Waals surface area (Å²) in [5, 5.41) is 8.11. The third kappa shape index (κ3) is 4.41. The first-order chi connectivity index (χ1) is 11.6. The van der Waals surface area contributed by atoms with E-state index in [1.54, 1.807) is 11.3 Å². The molecule has 0 unspecified atom stereocenters. The Morgan fingerprint density at radius 3 is 2.38 bits per heavy atom. The normalized spacial score (nSPS) is 12.3. The number of nitrogens with one attached hydrogen (secondary N) is 1. The summed E-state index contributed by atoms with van der Waals surface area (Å²) in [6.07, 6.45) is 1.07. The number of hydrogen-bond donors (Lipinski definition) is 1. The van der Waals surface area contributed by atoms with E-state index in [1.807, 2.05) is 0 Å². The highest BCUT2D eigenvalue weighted by molar-refractivity contribution is 7.08. The molecule has 0 aliphatic heterocycles. The van der Waals surface area contributed by atoms with Crippen LogP contribution in [0, 0.1) is 19.3 Å². The molecule has 0 fully saturated rings. The topological polar surface area (TPSA) is 29.3 Å². The Labute approximate surface area is 167 Å². The van der Waals surface area contributed by atoms with E-state index >= 15 is 0 Å². The third-order valence-corrected chi connectivity index (χ3v) is 4.96. The minimum Gasteiger partial charge on any atom is -0.364 e. The van der Waals surface area contributed by atoms with Gasteiger partial charge in [0.15, 0.2) is 0 Å². The minimum atomic E-state index is -0.0314. The van der Waals surface area contributed by atoms with Crippen LogP contribution in [0.15, 0.2) is 29.0 Å². The molecule has 0 saturated heterocycles. The average molecular weight is 392 g/mol. The van der Waals surface area contributed by atoms with Crippen molar-refractivity contribution in [2.45, 2.75) is 60.4 Å². The van der Waals surface area contributed by atoms with Crippen LogP contribution >= 0.6 is 23.7 Å². The molecule has 5 heteroatoms. The van der Waals surface area contributed by atoms with Gasteiger partial charge in [-0.05, 0) is 68.7 Å². The molecule has 0 aromatic carbocycles. The van der Waals surface area contributed by atoms with E-state index in [4.69, 9.17) is 4.98 Å². The van der Waals surface area contributed by atoms with Gasteiger partial charge in [0.25, 0.3) is 0 Å². The van der Waals surface area contributed by atoms with Gasteiger partial charge in [-0.3, -0.25) is 4.40 Å². The van der Waals surface area contributed by atoms with Gasteiger partial charge in [0, 0.05) is 22.2 Å². The number of nitrogens with zero attached hydrogens (tertiary/aromatic N) is 2. The molecular formula is C21H30ClN3S. The molecule has 0 saturated carbocycles. The van der Waals surface area contributed by atoms with Gasteiger partial charge in [-0.25, -0.2) is 4.98 Å². The van der Waals surface area contributed by atoms with Crippen LogP contribution in [-0.2, 0) is 0 Å². The second kappa shape index (κ2) is 7.24. The van der Waals surface area contributed by atoms with E-state index < -0.39 is 0 Å². The SMILES string of the molecule is Cc1cc(C)n2c(NC(C)(C)CC(C)(C)C)c(-c3ccsc3)nc2c1.Cl. The maximum Gasteiger partial charge on any atom is 0.139 e. The molecule has 0 spiro atoms. The first-order valence-electron chi connectivity index (χ1n) is 8.86. The lowest BCUT2D eigenvalue weighted by Crippen LogP contribution is -2.36. The quantitative estimate of drug-likeness (QED) is 0.534. The Bertz CT molecular complexity index is 886. The predicted molar refractivity (Wildman–Crippen MR) is 117 cm³/mol. The largest absolute Gasteiger partial charge is 0.364 e. The fourth-order valence-electron chi connectivity index (χ4n) is 3.94. The van der Waals surface area contributed by atoms with Crippen LogP contribution < -0.4 is 5.32 Å². The first kappa shape index (κ1) is 20.8. The van der Waals surface area contributed by atoms with Crippen LogP contribution in [0.5, 0.6) is 0 Å². The number of aryl methyl sites for hydroxylation is 2. The minimum absolute atomic E-state index is 0. The predicted octanol–water partition coefficient (Wildman–Crippen LogP) is 6.73. The number of anilines is 1. The van der Waals surface area contributed by atoms with E-state index in [0.29, 0.717) is 0 Å². The smallest absolute Gasteiger partial charge is 0.139 e. The van der Waals surface area contributed by atoms with E-state index in [1.165, 1.54) is 16.8 Å². The molecule has 0 aliphatic carbocycles. The Hall–Kier alpha value is -1.52. The zero-order chi connectivity index (χ0) is 18.4. The molecule has 142 valence electrons. The van der Waals surface area contributed by atoms with Crippen LogP contribution in [0.1, 0.15) is 52.3 Å². The number of rotatable bonds is 4. The van der Waals surface area contributed by atoms with Gasteiger partial charge in [0.05, 0.1) is 0 Å². The lowest BCUT2D eigenvalue weighted by atomic mass is 9.82. The number of thiophene rings is 1. The number of aromatic nitrogens is 2. The summed E-state index contributed by atoms with van der Waals surface area (Å²) in [5.41, 5.74) is 5.90. The van der Waals surface area contributed by atoms with Crippen molar-refractivity contribution in [3.8, 4) is 11.3 Å². The second-order valence-electron chi connectivity index (χ2n) is 8.94. The van der Waals surface area contributed by atoms with Crippen molar-refractivity contribution < 1.29 is 0 Å². The second-order valence-corrected chi connectivity index (χ2v) is 9.72. The molecule has 26 heavy (non-hydrogen) atoms. The van der Waals surface area contributed by atoms with Crippen molar-refractivity contribution in [3.05, 3.63) is 40.2 Å². The van der Waals surface area contributed by atoms with Gasteiger partial charge in [0.2, 0.25) is 0 Å². The standard InChI is InChI=1S/C21H29N3S.ClH/c1-14-10-15(2)24-17(11-14)22-18(16-8-9-25-12-16)19(24)23-21(6,7)13-20(3,4)5;/h8-12,23H,13H2,1-7H3;1H. The molecule has 0 radical (unpaired) electrons. The molecule has 0 aliphatic rings. The Balaban J connectivity index is 0.00000243. The lowest BCUT2D eigenvalue weighted by Gasteiger charge is -2.34. The van der Waals surface area contributed by atoms with Crippen molar-refractivity contribution in [2.24, 2.45) is 5.41 Å². The summed E-state index contributed by atoms with van der Waals surface area (Å²) in [6, 6.07) is 6.52. The molecule has 3 rings (SSSR count). The number of imidazole rings is 1. The van der Waals surface area contributed by atoms with Gasteiger partial charge >= 0.3 is 0 Å². The van der Waals surface area contributed by atoms with Gasteiger partial charge in [0.1, 0.15) is 17.2 Å². The fourth-order valence-corrected chi connectivity index (χ4v) is 4.58. The van der Waals surface area contributed by atoms with E-state index in [-0.39, 0.29) is 23.4 Å². The average Bonchev–Trinajstić information content (AvgIpc) is 3.02. The summed E-state index contributed by atoms with van der Waals surface area (Å²) in [4.78, 5) is 4.96. The molecule has 3 aromatic heterocycles. The highest BCUT2D eigenvalue weighted by atomic mass is 35.5. The zero-order valence-corrected chi connectivity index (χ0v) is 18.4. The van der Waals surface area contributed by atoms with Crippen molar-refractivity contribution >= 4 is 35.2 Å².